The zero-order valence-corrected chi connectivity index (χ0v) is 17.7. The van der Waals surface area contributed by atoms with Crippen molar-refractivity contribution in [2.45, 2.75) is 19.0 Å². The first-order valence-electron chi connectivity index (χ1n) is 10.2. The summed E-state index contributed by atoms with van der Waals surface area (Å²) in [5.74, 6) is -1.41. The molecule has 6 nitrogen and oxygen atoms in total. The molecule has 1 aliphatic rings. The van der Waals surface area contributed by atoms with E-state index in [0.717, 1.165) is 25.1 Å². The third-order valence-corrected chi connectivity index (χ3v) is 5.65. The molecule has 0 bridgehead atoms. The number of rotatable bonds is 5. The molecule has 3 aromatic rings. The second-order valence-electron chi connectivity index (χ2n) is 7.47. The van der Waals surface area contributed by atoms with Crippen molar-refractivity contribution in [2.75, 3.05) is 18.4 Å². The number of nitrogens with one attached hydrogen (secondary N) is 2. The van der Waals surface area contributed by atoms with Gasteiger partial charge in [0, 0.05) is 42.7 Å². The average molecular weight is 435 g/mol. The minimum Gasteiger partial charge on any atom is -0.346 e. The van der Waals surface area contributed by atoms with E-state index in [1.165, 1.54) is 11.1 Å². The Labute approximate surface area is 186 Å². The van der Waals surface area contributed by atoms with Crippen LogP contribution < -0.4 is 10.6 Å². The topological polar surface area (TPSA) is 74.3 Å². The number of halogens is 1. The van der Waals surface area contributed by atoms with E-state index in [0.29, 0.717) is 17.3 Å². The van der Waals surface area contributed by atoms with Gasteiger partial charge in [0.15, 0.2) is 0 Å². The quantitative estimate of drug-likeness (QED) is 0.602. The molecule has 0 fully saturated rings. The maximum atomic E-state index is 12.5. The first kappa shape index (κ1) is 21.0. The number of benzene rings is 2. The normalized spacial score (nSPS) is 14.4. The van der Waals surface area contributed by atoms with E-state index in [9.17, 15) is 9.59 Å². The fourth-order valence-corrected chi connectivity index (χ4v) is 4.03. The fraction of sp³-hybridized carbons (Fsp3) is 0.208. The summed E-state index contributed by atoms with van der Waals surface area (Å²) < 4.78 is 0. The zero-order valence-electron chi connectivity index (χ0n) is 16.9. The van der Waals surface area contributed by atoms with Crippen LogP contribution in [0.25, 0.3) is 0 Å². The largest absolute Gasteiger partial charge is 0.346 e. The number of hydrogen-bond acceptors (Lipinski definition) is 4. The molecule has 1 atom stereocenters. The summed E-state index contributed by atoms with van der Waals surface area (Å²) in [7, 11) is 0. The molecule has 0 saturated heterocycles. The van der Waals surface area contributed by atoms with Gasteiger partial charge in [-0.05, 0) is 47.4 Å². The van der Waals surface area contributed by atoms with Gasteiger partial charge >= 0.3 is 11.8 Å². The molecule has 1 aliphatic heterocycles. The molecule has 2 N–H and O–H groups in total. The molecule has 7 heteroatoms. The molecule has 0 radical (unpaired) electrons. The van der Waals surface area contributed by atoms with Crippen LogP contribution in [0.4, 0.5) is 5.69 Å². The lowest BCUT2D eigenvalue weighted by molar-refractivity contribution is -0.136. The summed E-state index contributed by atoms with van der Waals surface area (Å²) >= 11 is 5.94. The van der Waals surface area contributed by atoms with Crippen LogP contribution >= 0.6 is 11.6 Å². The van der Waals surface area contributed by atoms with Crippen LogP contribution in [0.15, 0.2) is 73.1 Å². The van der Waals surface area contributed by atoms with Crippen LogP contribution in [-0.2, 0) is 22.6 Å². The minimum atomic E-state index is -0.726. The number of aromatic nitrogens is 1. The molecule has 0 unspecified atom stereocenters. The Kier molecular flexibility index (Phi) is 6.60. The van der Waals surface area contributed by atoms with Gasteiger partial charge in [0.25, 0.3) is 0 Å². The predicted molar refractivity (Wildman–Crippen MR) is 121 cm³/mol. The Bertz CT molecular complexity index is 1070. The molecular formula is C24H23ClN4O2. The monoisotopic (exact) mass is 434 g/mol. The van der Waals surface area contributed by atoms with Crippen LogP contribution in [0.3, 0.4) is 0 Å². The summed E-state index contributed by atoms with van der Waals surface area (Å²) in [6.07, 6.45) is 4.47. The molecule has 0 spiro atoms. The number of carbonyl (C=O) groups is 2. The fourth-order valence-electron chi connectivity index (χ4n) is 3.84. The van der Waals surface area contributed by atoms with E-state index >= 15 is 0 Å². The summed E-state index contributed by atoms with van der Waals surface area (Å²) in [6, 6.07) is 18.9. The summed E-state index contributed by atoms with van der Waals surface area (Å²) in [4.78, 5) is 31.3. The highest BCUT2D eigenvalue weighted by atomic mass is 35.5. The summed E-state index contributed by atoms with van der Waals surface area (Å²) in [5, 5.41) is 5.85. The van der Waals surface area contributed by atoms with Crippen molar-refractivity contribution in [1.29, 1.82) is 0 Å². The van der Waals surface area contributed by atoms with Gasteiger partial charge in [-0.25, -0.2) is 0 Å². The van der Waals surface area contributed by atoms with E-state index in [1.54, 1.807) is 30.5 Å². The van der Waals surface area contributed by atoms with Crippen molar-refractivity contribution in [3.05, 3.63) is 94.8 Å². The van der Waals surface area contributed by atoms with Gasteiger partial charge in [0.1, 0.15) is 0 Å². The molecule has 2 aromatic carbocycles. The van der Waals surface area contributed by atoms with E-state index in [1.807, 2.05) is 24.4 Å². The SMILES string of the molecule is O=C(NC[C@H](c1cccnc1)N1CCc2ccccc2C1)C(=O)Nc1cccc(Cl)c1. The maximum absolute atomic E-state index is 12.5. The third-order valence-electron chi connectivity index (χ3n) is 5.41. The highest BCUT2D eigenvalue weighted by Crippen LogP contribution is 2.27. The highest BCUT2D eigenvalue weighted by molar-refractivity contribution is 6.39. The Morgan fingerprint density at radius 1 is 1.03 bits per heavy atom. The van der Waals surface area contributed by atoms with Gasteiger partial charge in [0.2, 0.25) is 0 Å². The van der Waals surface area contributed by atoms with Crippen LogP contribution in [-0.4, -0.2) is 34.8 Å². The molecule has 0 aliphatic carbocycles. The van der Waals surface area contributed by atoms with E-state index in [4.69, 9.17) is 11.6 Å². The summed E-state index contributed by atoms with van der Waals surface area (Å²) in [5.41, 5.74) is 4.11. The average Bonchev–Trinajstić information content (AvgIpc) is 2.79. The molecule has 0 saturated carbocycles. The Morgan fingerprint density at radius 2 is 1.87 bits per heavy atom. The number of fused-ring (bicyclic) bond motifs is 1. The number of amides is 2. The van der Waals surface area contributed by atoms with Crippen LogP contribution in [0.5, 0.6) is 0 Å². The highest BCUT2D eigenvalue weighted by Gasteiger charge is 2.26. The first-order valence-corrected chi connectivity index (χ1v) is 10.5. The van der Waals surface area contributed by atoms with Gasteiger partial charge in [-0.1, -0.05) is 48.0 Å². The molecule has 31 heavy (non-hydrogen) atoms. The molecule has 2 heterocycles. The predicted octanol–water partition coefficient (Wildman–Crippen LogP) is 3.59. The number of nitrogens with zero attached hydrogens (tertiary/aromatic N) is 2. The van der Waals surface area contributed by atoms with Gasteiger partial charge in [0.05, 0.1) is 6.04 Å². The standard InChI is InChI=1S/C24H23ClN4O2/c25-20-8-3-9-21(13-20)28-24(31)23(30)27-15-22(18-7-4-11-26-14-18)29-12-10-17-5-1-2-6-19(17)16-29/h1-9,11,13-14,22H,10,12,15-16H2,(H,27,30)(H,28,31)/t22-/m1/s1. The Hall–Kier alpha value is -3.22. The third kappa shape index (κ3) is 5.29. The second kappa shape index (κ2) is 9.73. The zero-order chi connectivity index (χ0) is 21.6. The van der Waals surface area contributed by atoms with E-state index in [-0.39, 0.29) is 6.04 Å². The van der Waals surface area contributed by atoms with Gasteiger partial charge in [-0.15, -0.1) is 0 Å². The molecule has 4 rings (SSSR count). The number of anilines is 1. The van der Waals surface area contributed by atoms with Crippen molar-refractivity contribution < 1.29 is 9.59 Å². The van der Waals surface area contributed by atoms with Crippen molar-refractivity contribution in [3.63, 3.8) is 0 Å². The van der Waals surface area contributed by atoms with Crippen LogP contribution in [0, 0.1) is 0 Å². The van der Waals surface area contributed by atoms with Crippen molar-refractivity contribution in [1.82, 2.24) is 15.2 Å². The maximum Gasteiger partial charge on any atom is 0.313 e. The van der Waals surface area contributed by atoms with Crippen LogP contribution in [0.2, 0.25) is 5.02 Å². The molecule has 1 aromatic heterocycles. The minimum absolute atomic E-state index is 0.0926. The second-order valence-corrected chi connectivity index (χ2v) is 7.90. The smallest absolute Gasteiger partial charge is 0.313 e. The lowest BCUT2D eigenvalue weighted by Crippen LogP contribution is -2.43. The van der Waals surface area contributed by atoms with Gasteiger partial charge in [-0.2, -0.15) is 0 Å². The van der Waals surface area contributed by atoms with Gasteiger partial charge in [-0.3, -0.25) is 19.5 Å². The van der Waals surface area contributed by atoms with Gasteiger partial charge < -0.3 is 10.6 Å². The van der Waals surface area contributed by atoms with Crippen molar-refractivity contribution >= 4 is 29.1 Å². The molecule has 158 valence electrons. The van der Waals surface area contributed by atoms with Crippen molar-refractivity contribution in [3.8, 4) is 0 Å². The number of hydrogen-bond donors (Lipinski definition) is 2. The summed E-state index contributed by atoms with van der Waals surface area (Å²) in [6.45, 7) is 1.94. The lowest BCUT2D eigenvalue weighted by Gasteiger charge is -2.35. The van der Waals surface area contributed by atoms with Crippen LogP contribution in [0.1, 0.15) is 22.7 Å². The van der Waals surface area contributed by atoms with Crippen molar-refractivity contribution in [2.24, 2.45) is 0 Å². The Morgan fingerprint density at radius 3 is 2.65 bits per heavy atom. The first-order chi connectivity index (χ1) is 15.1. The number of carbonyl (C=O) groups excluding carboxylic acids is 2. The number of pyridine rings is 1. The molecule has 2 amide bonds. The molecular weight excluding hydrogens is 412 g/mol. The Balaban J connectivity index is 1.44. The van der Waals surface area contributed by atoms with E-state index in [2.05, 4.69) is 38.7 Å². The lowest BCUT2D eigenvalue weighted by atomic mass is 9.97. The van der Waals surface area contributed by atoms with E-state index < -0.39 is 11.8 Å².